The van der Waals surface area contributed by atoms with E-state index >= 15 is 0 Å². The van der Waals surface area contributed by atoms with Gasteiger partial charge in [-0.1, -0.05) is 24.7 Å². The standard InChI is InChI=1S/C12H14N2O3S/c1-4-5-8-9(11(16)17)14-6(2)10(7(3)15)18-12(14)13-8/h4-5H2,1-3H3,(H,16,17). The highest BCUT2D eigenvalue weighted by Gasteiger charge is 2.23. The summed E-state index contributed by atoms with van der Waals surface area (Å²) in [5.74, 6) is -1.06. The number of carbonyl (C=O) groups excluding carboxylic acids is 1. The van der Waals surface area contributed by atoms with Crippen LogP contribution in [0.25, 0.3) is 4.96 Å². The van der Waals surface area contributed by atoms with Gasteiger partial charge in [-0.15, -0.1) is 0 Å². The van der Waals surface area contributed by atoms with Crippen molar-refractivity contribution in [1.29, 1.82) is 0 Å². The molecule has 0 radical (unpaired) electrons. The number of carboxylic acid groups (broad SMARTS) is 1. The average Bonchev–Trinajstić information content (AvgIpc) is 2.76. The van der Waals surface area contributed by atoms with E-state index in [-0.39, 0.29) is 11.5 Å². The molecule has 0 saturated carbocycles. The van der Waals surface area contributed by atoms with Crippen molar-refractivity contribution in [2.45, 2.75) is 33.6 Å². The number of aryl methyl sites for hydroxylation is 2. The van der Waals surface area contributed by atoms with Gasteiger partial charge in [-0.3, -0.25) is 9.20 Å². The van der Waals surface area contributed by atoms with E-state index in [4.69, 9.17) is 0 Å². The molecule has 0 aliphatic heterocycles. The molecule has 1 N–H and O–H groups in total. The number of aromatic carboxylic acids is 1. The third kappa shape index (κ3) is 1.82. The minimum atomic E-state index is -0.998. The molecule has 0 unspecified atom stereocenters. The van der Waals surface area contributed by atoms with E-state index in [1.54, 1.807) is 11.3 Å². The second-order valence-corrected chi connectivity index (χ2v) is 5.13. The first-order valence-corrected chi connectivity index (χ1v) is 6.54. The van der Waals surface area contributed by atoms with Gasteiger partial charge in [0, 0.05) is 12.6 Å². The van der Waals surface area contributed by atoms with E-state index in [2.05, 4.69) is 4.98 Å². The number of carbonyl (C=O) groups is 2. The van der Waals surface area contributed by atoms with Crippen LogP contribution < -0.4 is 0 Å². The summed E-state index contributed by atoms with van der Waals surface area (Å²) in [5, 5.41) is 9.31. The predicted molar refractivity (Wildman–Crippen MR) is 68.8 cm³/mol. The van der Waals surface area contributed by atoms with Gasteiger partial charge in [0.15, 0.2) is 16.4 Å². The second kappa shape index (κ2) is 4.53. The van der Waals surface area contributed by atoms with Gasteiger partial charge in [-0.25, -0.2) is 9.78 Å². The van der Waals surface area contributed by atoms with Gasteiger partial charge in [0.25, 0.3) is 0 Å². The van der Waals surface area contributed by atoms with Crippen LogP contribution in [0.3, 0.4) is 0 Å². The highest BCUT2D eigenvalue weighted by atomic mass is 32.1. The van der Waals surface area contributed by atoms with Crippen LogP contribution in [0.1, 0.15) is 51.8 Å². The number of carboxylic acids is 1. The van der Waals surface area contributed by atoms with Gasteiger partial charge in [0.1, 0.15) is 0 Å². The number of nitrogens with zero attached hydrogens (tertiary/aromatic N) is 2. The summed E-state index contributed by atoms with van der Waals surface area (Å²) in [6, 6.07) is 0. The number of rotatable bonds is 4. The molecule has 0 bridgehead atoms. The van der Waals surface area contributed by atoms with Crippen LogP contribution in [0.5, 0.6) is 0 Å². The molecule has 2 rings (SSSR count). The van der Waals surface area contributed by atoms with Crippen LogP contribution in [-0.4, -0.2) is 26.2 Å². The van der Waals surface area contributed by atoms with Crippen molar-refractivity contribution < 1.29 is 14.7 Å². The van der Waals surface area contributed by atoms with E-state index in [0.717, 1.165) is 6.42 Å². The summed E-state index contributed by atoms with van der Waals surface area (Å²) >= 11 is 1.25. The Bertz CT molecular complexity index is 639. The number of Topliss-reactive ketones (excluding diaryl/α,β-unsaturated/α-hetero) is 1. The molecule has 0 aromatic carbocycles. The SMILES string of the molecule is CCCc1nc2sc(C(C)=O)c(C)n2c1C(=O)O. The summed E-state index contributed by atoms with van der Waals surface area (Å²) in [5.41, 5.74) is 1.44. The average molecular weight is 266 g/mol. The highest BCUT2D eigenvalue weighted by molar-refractivity contribution is 7.19. The van der Waals surface area contributed by atoms with Crippen LogP contribution >= 0.6 is 11.3 Å². The Morgan fingerprint density at radius 3 is 2.61 bits per heavy atom. The molecule has 0 atom stereocenters. The monoisotopic (exact) mass is 266 g/mol. The van der Waals surface area contributed by atoms with Crippen LogP contribution in [0.15, 0.2) is 0 Å². The van der Waals surface area contributed by atoms with Crippen LogP contribution in [0, 0.1) is 6.92 Å². The molecule has 2 aromatic rings. The van der Waals surface area contributed by atoms with Gasteiger partial charge < -0.3 is 5.11 Å². The lowest BCUT2D eigenvalue weighted by molar-refractivity contribution is 0.0687. The summed E-state index contributed by atoms with van der Waals surface area (Å²) in [6.07, 6.45) is 1.47. The molecule has 2 heterocycles. The van der Waals surface area contributed by atoms with Crippen molar-refractivity contribution in [2.75, 3.05) is 0 Å². The molecule has 0 spiro atoms. The Morgan fingerprint density at radius 1 is 1.44 bits per heavy atom. The van der Waals surface area contributed by atoms with Crippen molar-refractivity contribution in [3.05, 3.63) is 22.0 Å². The fourth-order valence-electron chi connectivity index (χ4n) is 2.05. The quantitative estimate of drug-likeness (QED) is 0.863. The second-order valence-electron chi connectivity index (χ2n) is 4.15. The zero-order chi connectivity index (χ0) is 13.4. The highest BCUT2D eigenvalue weighted by Crippen LogP contribution is 2.27. The minimum absolute atomic E-state index is 0.0589. The zero-order valence-corrected chi connectivity index (χ0v) is 11.3. The number of ketones is 1. The molecular formula is C12H14N2O3S. The first-order chi connectivity index (χ1) is 8.47. The minimum Gasteiger partial charge on any atom is -0.477 e. The van der Waals surface area contributed by atoms with Crippen LogP contribution in [-0.2, 0) is 6.42 Å². The van der Waals surface area contributed by atoms with E-state index in [1.165, 1.54) is 18.3 Å². The van der Waals surface area contributed by atoms with E-state index in [9.17, 15) is 14.7 Å². The lowest BCUT2D eigenvalue weighted by atomic mass is 10.2. The summed E-state index contributed by atoms with van der Waals surface area (Å²) in [4.78, 5) is 28.3. The van der Waals surface area contributed by atoms with Gasteiger partial charge in [-0.05, 0) is 13.3 Å². The predicted octanol–water partition coefficient (Wildman–Crippen LogP) is 2.56. The molecule has 96 valence electrons. The molecule has 0 amide bonds. The molecule has 0 aliphatic carbocycles. The Labute approximate surface area is 108 Å². The van der Waals surface area contributed by atoms with Gasteiger partial charge >= 0.3 is 5.97 Å². The number of aromatic nitrogens is 2. The van der Waals surface area contributed by atoms with Gasteiger partial charge in [-0.2, -0.15) is 0 Å². The first kappa shape index (κ1) is 12.8. The van der Waals surface area contributed by atoms with Crippen molar-refractivity contribution in [3.63, 3.8) is 0 Å². The first-order valence-electron chi connectivity index (χ1n) is 5.72. The van der Waals surface area contributed by atoms with Crippen molar-refractivity contribution in [1.82, 2.24) is 9.38 Å². The Kier molecular flexibility index (Phi) is 3.21. The van der Waals surface area contributed by atoms with E-state index in [0.29, 0.717) is 27.6 Å². The van der Waals surface area contributed by atoms with Crippen LogP contribution in [0.2, 0.25) is 0 Å². The fraction of sp³-hybridized carbons (Fsp3) is 0.417. The van der Waals surface area contributed by atoms with Crippen molar-refractivity contribution in [2.24, 2.45) is 0 Å². The molecule has 0 aliphatic rings. The van der Waals surface area contributed by atoms with Crippen LogP contribution in [0.4, 0.5) is 0 Å². The number of hydrogen-bond acceptors (Lipinski definition) is 4. The molecular weight excluding hydrogens is 252 g/mol. The molecule has 2 aromatic heterocycles. The van der Waals surface area contributed by atoms with Crippen molar-refractivity contribution >= 4 is 28.1 Å². The molecule has 5 nitrogen and oxygen atoms in total. The van der Waals surface area contributed by atoms with E-state index in [1.807, 2.05) is 6.92 Å². The Hall–Kier alpha value is -1.69. The lowest BCUT2D eigenvalue weighted by Crippen LogP contribution is -2.07. The number of fused-ring (bicyclic) bond motifs is 1. The summed E-state index contributed by atoms with van der Waals surface area (Å²) in [7, 11) is 0. The van der Waals surface area contributed by atoms with Gasteiger partial charge in [0.2, 0.25) is 0 Å². The third-order valence-electron chi connectivity index (χ3n) is 2.79. The smallest absolute Gasteiger partial charge is 0.354 e. The number of imidazole rings is 1. The maximum Gasteiger partial charge on any atom is 0.354 e. The number of thiazole rings is 1. The zero-order valence-electron chi connectivity index (χ0n) is 10.5. The lowest BCUT2D eigenvalue weighted by Gasteiger charge is -2.00. The fourth-order valence-corrected chi connectivity index (χ4v) is 3.09. The van der Waals surface area contributed by atoms with Crippen molar-refractivity contribution in [3.8, 4) is 0 Å². The third-order valence-corrected chi connectivity index (χ3v) is 4.03. The Balaban J connectivity index is 2.76. The maximum absolute atomic E-state index is 11.4. The topological polar surface area (TPSA) is 71.7 Å². The van der Waals surface area contributed by atoms with Gasteiger partial charge in [0.05, 0.1) is 10.6 Å². The van der Waals surface area contributed by atoms with E-state index < -0.39 is 5.97 Å². The largest absolute Gasteiger partial charge is 0.477 e. The Morgan fingerprint density at radius 2 is 2.11 bits per heavy atom. The normalized spacial score (nSPS) is 11.1. The number of hydrogen-bond donors (Lipinski definition) is 1. The molecule has 18 heavy (non-hydrogen) atoms. The molecule has 0 saturated heterocycles. The summed E-state index contributed by atoms with van der Waals surface area (Å²) in [6.45, 7) is 5.21. The summed E-state index contributed by atoms with van der Waals surface area (Å²) < 4.78 is 1.58. The molecule has 0 fully saturated rings. The maximum atomic E-state index is 11.4. The molecule has 6 heteroatoms.